The fraction of sp³-hybridized carbons (Fsp3) is 0.622. The van der Waals surface area contributed by atoms with Crippen molar-refractivity contribution in [2.45, 2.75) is 129 Å². The number of benzene rings is 1. The number of aliphatic hydroxyl groups is 1. The molecule has 0 radical (unpaired) electrons. The monoisotopic (exact) mass is 834 g/mol. The van der Waals surface area contributed by atoms with Crippen LogP contribution in [0.3, 0.4) is 0 Å². The Balaban J connectivity index is 1.50. The first-order valence-corrected chi connectivity index (χ1v) is 21.0. The van der Waals surface area contributed by atoms with Crippen LogP contribution in [0.1, 0.15) is 86.6 Å². The van der Waals surface area contributed by atoms with E-state index in [0.717, 1.165) is 11.1 Å². The van der Waals surface area contributed by atoms with Gasteiger partial charge in [0.15, 0.2) is 17.9 Å². The number of carbonyl (C=O) groups is 5. The minimum atomic E-state index is -1.73. The summed E-state index contributed by atoms with van der Waals surface area (Å²) in [5, 5.41) is 14.3. The third kappa shape index (κ3) is 10.3. The number of likely N-dealkylation sites (N-methyl/N-ethyl adjacent to an activating group) is 1. The number of amides is 1. The predicted octanol–water partition coefficient (Wildman–Crippen LogP) is 5.18. The second-order valence-electron chi connectivity index (χ2n) is 17.3. The minimum Gasteiger partial charge on any atom is -0.458 e. The fourth-order valence-electron chi connectivity index (χ4n) is 9.21. The number of cyclic esters (lactones) is 1. The lowest BCUT2D eigenvalue weighted by molar-refractivity contribution is -0.292. The molecule has 2 aromatic rings. The molecule has 5 rings (SSSR count). The molecule has 3 saturated heterocycles. The van der Waals surface area contributed by atoms with E-state index in [9.17, 15) is 29.1 Å². The number of ether oxygens (including phenoxy) is 5. The van der Waals surface area contributed by atoms with Crippen molar-refractivity contribution < 1.29 is 52.8 Å². The molecule has 3 aliphatic rings. The lowest BCUT2D eigenvalue weighted by Crippen LogP contribution is -2.60. The van der Waals surface area contributed by atoms with E-state index in [0.29, 0.717) is 12.2 Å². The third-order valence-electron chi connectivity index (χ3n) is 12.5. The van der Waals surface area contributed by atoms with E-state index in [2.05, 4.69) is 15.3 Å². The van der Waals surface area contributed by atoms with Crippen molar-refractivity contribution in [2.24, 2.45) is 29.6 Å². The number of rotatable bonds is 9. The number of hydrogen-bond donors (Lipinski definition) is 2. The molecule has 3 aliphatic heterocycles. The van der Waals surface area contributed by atoms with Crippen LogP contribution in [-0.4, -0.2) is 118 Å². The van der Waals surface area contributed by atoms with Crippen LogP contribution >= 0.6 is 0 Å². The van der Waals surface area contributed by atoms with Crippen molar-refractivity contribution in [1.29, 1.82) is 0 Å². The Morgan fingerprint density at radius 1 is 1.02 bits per heavy atom. The van der Waals surface area contributed by atoms with Gasteiger partial charge < -0.3 is 39.0 Å². The Kier molecular flexibility index (Phi) is 15.1. The first-order chi connectivity index (χ1) is 28.3. The molecule has 0 unspecified atom stereocenters. The van der Waals surface area contributed by atoms with Crippen LogP contribution in [-0.2, 0) is 42.9 Å². The van der Waals surface area contributed by atoms with E-state index in [4.69, 9.17) is 23.7 Å². The molecular formula is C45H62N4O11. The van der Waals surface area contributed by atoms with Crippen molar-refractivity contribution in [3.8, 4) is 11.4 Å². The number of alkyl carbamates (subject to hydrolysis) is 1. The summed E-state index contributed by atoms with van der Waals surface area (Å²) in [7, 11) is 3.66. The van der Waals surface area contributed by atoms with Gasteiger partial charge >= 0.3 is 18.0 Å². The van der Waals surface area contributed by atoms with Gasteiger partial charge in [-0.3, -0.25) is 19.2 Å². The number of nitrogens with zero attached hydrogens (tertiary/aromatic N) is 3. The maximum atomic E-state index is 14.5. The molecule has 328 valence electrons. The number of esters is 2. The van der Waals surface area contributed by atoms with Crippen LogP contribution < -0.4 is 5.32 Å². The van der Waals surface area contributed by atoms with E-state index in [1.807, 2.05) is 56.3 Å². The molecule has 60 heavy (non-hydrogen) atoms. The average Bonchev–Trinajstić information content (AvgIpc) is 3.53. The summed E-state index contributed by atoms with van der Waals surface area (Å²) in [4.78, 5) is 80.0. The van der Waals surface area contributed by atoms with Gasteiger partial charge in [-0.25, -0.2) is 14.8 Å². The Bertz CT molecular complexity index is 1890. The van der Waals surface area contributed by atoms with Gasteiger partial charge in [0, 0.05) is 54.2 Å². The maximum Gasteiger partial charge on any atom is 0.408 e. The van der Waals surface area contributed by atoms with Crippen LogP contribution in [0, 0.1) is 29.6 Å². The molecule has 1 amide bonds. The van der Waals surface area contributed by atoms with Gasteiger partial charge in [-0.05, 0) is 78.7 Å². The zero-order valence-electron chi connectivity index (χ0n) is 36.5. The second-order valence-corrected chi connectivity index (χ2v) is 17.3. The van der Waals surface area contributed by atoms with Gasteiger partial charge in [0.2, 0.25) is 0 Å². The SMILES string of the molecule is CC[C@H]1OC(=O)[C@H](C)C(=O)[C@H](C)[C@@H](O[C@@H]2O[C@H](C)C[C@H](N(C)C)[C@H]2O)[C@](C)(OC(=O)NC/C=C/c2cccc(-c3ncccn3)c2)C[C@@H](C)C(=O)[C@H](C)[C@H]2CC(=O)O[C@@]21C. The molecule has 13 atom stereocenters. The number of nitrogens with one attached hydrogen (secondary N) is 1. The highest BCUT2D eigenvalue weighted by Gasteiger charge is 2.57. The summed E-state index contributed by atoms with van der Waals surface area (Å²) < 4.78 is 30.9. The second kappa shape index (κ2) is 19.4. The van der Waals surface area contributed by atoms with Gasteiger partial charge in [0.1, 0.15) is 41.2 Å². The number of aromatic nitrogens is 2. The minimum absolute atomic E-state index is 0.0503. The summed E-state index contributed by atoms with van der Waals surface area (Å²) in [6.07, 6.45) is 1.52. The molecule has 2 N–H and O–H groups in total. The number of carbonyl (C=O) groups excluding carboxylic acids is 5. The van der Waals surface area contributed by atoms with Crippen molar-refractivity contribution in [1.82, 2.24) is 20.2 Å². The third-order valence-corrected chi connectivity index (χ3v) is 12.5. The van der Waals surface area contributed by atoms with E-state index in [-0.39, 0.29) is 43.7 Å². The van der Waals surface area contributed by atoms with Crippen LogP contribution in [0.2, 0.25) is 0 Å². The van der Waals surface area contributed by atoms with E-state index in [1.165, 1.54) is 6.92 Å². The zero-order valence-corrected chi connectivity index (χ0v) is 36.5. The molecule has 15 heteroatoms. The normalized spacial score (nSPS) is 35.7. The number of ketones is 2. The summed E-state index contributed by atoms with van der Waals surface area (Å²) in [5.41, 5.74) is -1.40. The number of fused-ring (bicyclic) bond motifs is 1. The number of hydrogen-bond acceptors (Lipinski definition) is 14. The molecule has 0 spiro atoms. The molecule has 4 heterocycles. The maximum absolute atomic E-state index is 14.5. The lowest BCUT2D eigenvalue weighted by atomic mass is 9.70. The van der Waals surface area contributed by atoms with Crippen molar-refractivity contribution >= 4 is 35.7 Å². The molecule has 15 nitrogen and oxygen atoms in total. The highest BCUT2D eigenvalue weighted by Crippen LogP contribution is 2.45. The Labute approximate surface area is 352 Å². The van der Waals surface area contributed by atoms with E-state index >= 15 is 0 Å². The lowest BCUT2D eigenvalue weighted by Gasteiger charge is -2.47. The van der Waals surface area contributed by atoms with Crippen molar-refractivity contribution in [3.63, 3.8) is 0 Å². The molecule has 1 aromatic heterocycles. The summed E-state index contributed by atoms with van der Waals surface area (Å²) >= 11 is 0. The van der Waals surface area contributed by atoms with Gasteiger partial charge in [-0.15, -0.1) is 0 Å². The largest absolute Gasteiger partial charge is 0.458 e. The first kappa shape index (κ1) is 46.5. The van der Waals surface area contributed by atoms with Crippen molar-refractivity contribution in [3.05, 3.63) is 54.4 Å². The van der Waals surface area contributed by atoms with Crippen molar-refractivity contribution in [2.75, 3.05) is 20.6 Å². The number of aliphatic hydroxyl groups excluding tert-OH is 1. The van der Waals surface area contributed by atoms with E-state index in [1.54, 1.807) is 66.1 Å². The predicted molar refractivity (Wildman–Crippen MR) is 221 cm³/mol. The topological polar surface area (TPSA) is 193 Å². The van der Waals surface area contributed by atoms with Gasteiger partial charge in [-0.1, -0.05) is 58.0 Å². The molecule has 0 bridgehead atoms. The summed E-state index contributed by atoms with van der Waals surface area (Å²) in [6.45, 7) is 13.3. The van der Waals surface area contributed by atoms with Crippen LogP contribution in [0.4, 0.5) is 4.79 Å². The van der Waals surface area contributed by atoms with Crippen LogP contribution in [0.5, 0.6) is 0 Å². The molecular weight excluding hydrogens is 773 g/mol. The highest BCUT2D eigenvalue weighted by atomic mass is 16.7. The highest BCUT2D eigenvalue weighted by molar-refractivity contribution is 6.00. The first-order valence-electron chi connectivity index (χ1n) is 21.0. The Hall–Kier alpha value is -4.57. The fourth-order valence-corrected chi connectivity index (χ4v) is 9.21. The smallest absolute Gasteiger partial charge is 0.408 e. The molecule has 0 saturated carbocycles. The zero-order chi connectivity index (χ0) is 44.1. The molecule has 0 aliphatic carbocycles. The summed E-state index contributed by atoms with van der Waals surface area (Å²) in [6, 6.07) is 8.95. The molecule has 1 aromatic carbocycles. The summed E-state index contributed by atoms with van der Waals surface area (Å²) in [5.74, 6) is -6.30. The Morgan fingerprint density at radius 3 is 2.38 bits per heavy atom. The quantitative estimate of drug-likeness (QED) is 0.191. The molecule has 3 fully saturated rings. The van der Waals surface area contributed by atoms with Crippen LogP contribution in [0.25, 0.3) is 17.5 Å². The van der Waals surface area contributed by atoms with Gasteiger partial charge in [-0.2, -0.15) is 0 Å². The Morgan fingerprint density at radius 2 is 1.72 bits per heavy atom. The standard InChI is InChI=1S/C45H62N4O11/c1-11-34-45(8)32(23-35(50)59-45)27(4)36(51)25(2)24-44(7,60-43(55)48-18-13-16-30-15-12-17-31(22-30)40-46-19-14-20-47-40)39(28(5)37(52)29(6)41(54)57-34)58-42-38(53)33(49(9)10)21-26(3)56-42/h12-17,19-20,22,25-29,32-34,38-39,42,53H,11,18,21,23-24H2,1-10H3,(H,48,55)/b16-13+/t25-,26-,27-,28+,29-,32-,33+,34-,38-,39-,42+,44-,45+/m1/s1. The average molecular weight is 835 g/mol. The number of Topliss-reactive ketones (excluding diaryl/α,β-unsaturated/α-hetero) is 2. The van der Waals surface area contributed by atoms with Gasteiger partial charge in [0.25, 0.3) is 0 Å². The van der Waals surface area contributed by atoms with E-state index < -0.39 is 89.2 Å². The van der Waals surface area contributed by atoms with Gasteiger partial charge in [0.05, 0.1) is 12.5 Å². The van der Waals surface area contributed by atoms with Crippen LogP contribution in [0.15, 0.2) is 48.8 Å².